The molecule has 110 valence electrons. The molecule has 0 radical (unpaired) electrons. The number of allylic oxidation sites excluding steroid dienone is 2. The first-order valence-electron chi connectivity index (χ1n) is 6.91. The van der Waals surface area contributed by atoms with Crippen LogP contribution in [0.15, 0.2) is 41.3 Å². The van der Waals surface area contributed by atoms with Gasteiger partial charge in [0, 0.05) is 18.8 Å². The highest BCUT2D eigenvalue weighted by Gasteiger charge is 2.04. The summed E-state index contributed by atoms with van der Waals surface area (Å²) < 4.78 is 1.93. The molecule has 0 aliphatic carbocycles. The van der Waals surface area contributed by atoms with Gasteiger partial charge < -0.3 is 0 Å². The first-order chi connectivity index (χ1) is 10.1. The van der Waals surface area contributed by atoms with E-state index in [1.165, 1.54) is 5.57 Å². The SMILES string of the molecule is CCc1nccn1-c1ccc(N/N=C(\C)C=C(C)C)nn1. The summed E-state index contributed by atoms with van der Waals surface area (Å²) in [6.45, 7) is 8.05. The van der Waals surface area contributed by atoms with Crippen LogP contribution >= 0.6 is 0 Å². The third-order valence-electron chi connectivity index (χ3n) is 2.78. The molecule has 0 spiro atoms. The minimum Gasteiger partial charge on any atom is -0.286 e. The Bertz CT molecular complexity index is 647. The van der Waals surface area contributed by atoms with Crippen molar-refractivity contribution < 1.29 is 0 Å². The predicted molar refractivity (Wildman–Crippen MR) is 84.7 cm³/mol. The van der Waals surface area contributed by atoms with E-state index < -0.39 is 0 Å². The van der Waals surface area contributed by atoms with Crippen LogP contribution in [0.3, 0.4) is 0 Å². The van der Waals surface area contributed by atoms with Crippen molar-refractivity contribution >= 4 is 11.5 Å². The summed E-state index contributed by atoms with van der Waals surface area (Å²) >= 11 is 0. The van der Waals surface area contributed by atoms with Crippen molar-refractivity contribution in [3.05, 3.63) is 42.0 Å². The van der Waals surface area contributed by atoms with Crippen molar-refractivity contribution in [1.82, 2.24) is 19.7 Å². The van der Waals surface area contributed by atoms with E-state index in [1.807, 2.05) is 49.7 Å². The van der Waals surface area contributed by atoms with Crippen molar-refractivity contribution in [2.75, 3.05) is 5.43 Å². The number of rotatable bonds is 5. The quantitative estimate of drug-likeness (QED) is 0.677. The second kappa shape index (κ2) is 6.78. The smallest absolute Gasteiger partial charge is 0.168 e. The summed E-state index contributed by atoms with van der Waals surface area (Å²) in [5, 5.41) is 12.5. The monoisotopic (exact) mass is 284 g/mol. The van der Waals surface area contributed by atoms with Gasteiger partial charge >= 0.3 is 0 Å². The number of hydrogen-bond donors (Lipinski definition) is 1. The van der Waals surface area contributed by atoms with E-state index >= 15 is 0 Å². The molecule has 6 heteroatoms. The number of hydrazone groups is 1. The lowest BCUT2D eigenvalue weighted by molar-refractivity contribution is 0.839. The van der Waals surface area contributed by atoms with Crippen LogP contribution in [0.4, 0.5) is 5.82 Å². The Hall–Kier alpha value is -2.50. The highest BCUT2D eigenvalue weighted by Crippen LogP contribution is 2.10. The minimum absolute atomic E-state index is 0.610. The zero-order chi connectivity index (χ0) is 15.2. The molecule has 2 rings (SSSR count). The molecule has 0 unspecified atom stereocenters. The van der Waals surface area contributed by atoms with E-state index in [4.69, 9.17) is 0 Å². The molecule has 0 saturated carbocycles. The average Bonchev–Trinajstić information content (AvgIpc) is 2.93. The van der Waals surface area contributed by atoms with Gasteiger partial charge in [-0.2, -0.15) is 5.10 Å². The second-order valence-electron chi connectivity index (χ2n) is 4.93. The highest BCUT2D eigenvalue weighted by atomic mass is 15.4. The van der Waals surface area contributed by atoms with Crippen LogP contribution in [0, 0.1) is 0 Å². The lowest BCUT2D eigenvalue weighted by atomic mass is 10.3. The van der Waals surface area contributed by atoms with Crippen LogP contribution in [-0.4, -0.2) is 25.5 Å². The van der Waals surface area contributed by atoms with Crippen molar-refractivity contribution in [1.29, 1.82) is 0 Å². The molecule has 2 heterocycles. The molecule has 0 atom stereocenters. The van der Waals surface area contributed by atoms with E-state index in [0.29, 0.717) is 5.82 Å². The van der Waals surface area contributed by atoms with Gasteiger partial charge in [0.2, 0.25) is 0 Å². The molecule has 0 bridgehead atoms. The highest BCUT2D eigenvalue weighted by molar-refractivity contribution is 5.93. The Morgan fingerprint density at radius 2 is 2.10 bits per heavy atom. The van der Waals surface area contributed by atoms with Gasteiger partial charge in [0.25, 0.3) is 0 Å². The van der Waals surface area contributed by atoms with Gasteiger partial charge in [-0.25, -0.2) is 4.98 Å². The Labute approximate surface area is 124 Å². The second-order valence-corrected chi connectivity index (χ2v) is 4.93. The molecule has 0 aliphatic heterocycles. The number of aryl methyl sites for hydroxylation is 1. The topological polar surface area (TPSA) is 68.0 Å². The van der Waals surface area contributed by atoms with E-state index in [2.05, 4.69) is 32.6 Å². The summed E-state index contributed by atoms with van der Waals surface area (Å²) in [5.74, 6) is 2.32. The molecule has 0 aromatic carbocycles. The van der Waals surface area contributed by atoms with E-state index in [0.717, 1.165) is 23.8 Å². The van der Waals surface area contributed by atoms with Gasteiger partial charge in [0.15, 0.2) is 11.6 Å². The molecule has 0 aliphatic rings. The number of aromatic nitrogens is 4. The molecule has 6 nitrogen and oxygen atoms in total. The molecular weight excluding hydrogens is 264 g/mol. The van der Waals surface area contributed by atoms with Gasteiger partial charge in [0.05, 0.1) is 5.71 Å². The standard InChI is InChI=1S/C15H20N6/c1-5-14-16-8-9-21(14)15-7-6-13(19-20-15)18-17-12(4)10-11(2)3/h6-10H,5H2,1-4H3,(H,18,19)/b17-12+. The Kier molecular flexibility index (Phi) is 4.81. The lowest BCUT2D eigenvalue weighted by Crippen LogP contribution is -2.04. The number of nitrogens with one attached hydrogen (secondary N) is 1. The summed E-state index contributed by atoms with van der Waals surface area (Å²) in [5.41, 5.74) is 4.99. The fourth-order valence-electron chi connectivity index (χ4n) is 1.91. The van der Waals surface area contributed by atoms with Crippen LogP contribution in [0.2, 0.25) is 0 Å². The van der Waals surface area contributed by atoms with Crippen molar-refractivity contribution in [2.24, 2.45) is 5.10 Å². The maximum Gasteiger partial charge on any atom is 0.168 e. The normalized spacial score (nSPS) is 11.3. The van der Waals surface area contributed by atoms with Gasteiger partial charge in [-0.15, -0.1) is 10.2 Å². The van der Waals surface area contributed by atoms with Gasteiger partial charge in [0.1, 0.15) is 5.82 Å². The van der Waals surface area contributed by atoms with Crippen LogP contribution in [0.5, 0.6) is 0 Å². The molecule has 21 heavy (non-hydrogen) atoms. The first-order valence-corrected chi connectivity index (χ1v) is 6.91. The van der Waals surface area contributed by atoms with Crippen LogP contribution in [0.1, 0.15) is 33.5 Å². The molecule has 0 amide bonds. The van der Waals surface area contributed by atoms with Crippen molar-refractivity contribution in [2.45, 2.75) is 34.1 Å². The minimum atomic E-state index is 0.610. The Balaban J connectivity index is 2.11. The largest absolute Gasteiger partial charge is 0.286 e. The molecule has 2 aromatic heterocycles. The molecular formula is C15H20N6. The third-order valence-corrected chi connectivity index (χ3v) is 2.78. The summed E-state index contributed by atoms with van der Waals surface area (Å²) in [4.78, 5) is 4.27. The summed E-state index contributed by atoms with van der Waals surface area (Å²) in [6.07, 6.45) is 6.49. The zero-order valence-electron chi connectivity index (χ0n) is 12.8. The maximum atomic E-state index is 4.27. The summed E-state index contributed by atoms with van der Waals surface area (Å²) in [6, 6.07) is 3.74. The number of nitrogens with zero attached hydrogens (tertiary/aromatic N) is 5. The van der Waals surface area contributed by atoms with Crippen LogP contribution < -0.4 is 5.43 Å². The van der Waals surface area contributed by atoms with Crippen LogP contribution in [-0.2, 0) is 6.42 Å². The van der Waals surface area contributed by atoms with Gasteiger partial charge in [-0.05, 0) is 39.0 Å². The lowest BCUT2D eigenvalue weighted by Gasteiger charge is -2.05. The maximum absolute atomic E-state index is 4.27. The van der Waals surface area contributed by atoms with Crippen molar-refractivity contribution in [3.63, 3.8) is 0 Å². The molecule has 1 N–H and O–H groups in total. The Morgan fingerprint density at radius 3 is 2.71 bits per heavy atom. The number of anilines is 1. The van der Waals surface area contributed by atoms with E-state index in [1.54, 1.807) is 6.20 Å². The van der Waals surface area contributed by atoms with Crippen LogP contribution in [0.25, 0.3) is 5.82 Å². The Morgan fingerprint density at radius 1 is 1.29 bits per heavy atom. The number of imidazole rings is 1. The van der Waals surface area contributed by atoms with Gasteiger partial charge in [-0.3, -0.25) is 9.99 Å². The van der Waals surface area contributed by atoms with Crippen molar-refractivity contribution in [3.8, 4) is 5.82 Å². The first kappa shape index (κ1) is 14.9. The van der Waals surface area contributed by atoms with Gasteiger partial charge in [-0.1, -0.05) is 12.5 Å². The fourth-order valence-corrected chi connectivity index (χ4v) is 1.91. The average molecular weight is 284 g/mol. The molecule has 0 saturated heterocycles. The molecule has 2 aromatic rings. The molecule has 0 fully saturated rings. The number of hydrogen-bond acceptors (Lipinski definition) is 5. The zero-order valence-corrected chi connectivity index (χ0v) is 12.8. The third kappa shape index (κ3) is 3.98. The van der Waals surface area contributed by atoms with E-state index in [-0.39, 0.29) is 0 Å². The van der Waals surface area contributed by atoms with E-state index in [9.17, 15) is 0 Å². The summed E-state index contributed by atoms with van der Waals surface area (Å²) in [7, 11) is 0. The predicted octanol–water partition coefficient (Wildman–Crippen LogP) is 2.98. The fraction of sp³-hybridized carbons (Fsp3) is 0.333.